The molecule has 23 heavy (non-hydrogen) atoms. The monoisotopic (exact) mass is 359 g/mol. The third kappa shape index (κ3) is 4.59. The molecule has 0 heterocycles. The van der Waals surface area contributed by atoms with E-state index in [9.17, 15) is 9.59 Å². The third-order valence-corrected chi connectivity index (χ3v) is 4.59. The minimum absolute atomic E-state index is 0. The SMILES string of the molecule is CNC(=O)c1ccc(NC(=O)C2CCCCC2(C)N)cc1Cl.Cl. The molecule has 2 rings (SSSR count). The number of amides is 2. The van der Waals surface area contributed by atoms with E-state index in [0.717, 1.165) is 25.7 Å². The first kappa shape index (κ1) is 19.7. The van der Waals surface area contributed by atoms with E-state index >= 15 is 0 Å². The van der Waals surface area contributed by atoms with E-state index in [0.29, 0.717) is 16.3 Å². The van der Waals surface area contributed by atoms with Crippen molar-refractivity contribution < 1.29 is 9.59 Å². The number of anilines is 1. The van der Waals surface area contributed by atoms with Crippen LogP contribution in [-0.4, -0.2) is 24.4 Å². The summed E-state index contributed by atoms with van der Waals surface area (Å²) in [6.45, 7) is 1.93. The van der Waals surface area contributed by atoms with Crippen molar-refractivity contribution in [2.45, 2.75) is 38.1 Å². The molecule has 0 spiro atoms. The Hall–Kier alpha value is -1.30. The average Bonchev–Trinajstić information content (AvgIpc) is 2.46. The molecule has 0 aliphatic heterocycles. The molecule has 7 heteroatoms. The first-order chi connectivity index (χ1) is 10.3. The van der Waals surface area contributed by atoms with Crippen LogP contribution in [0.25, 0.3) is 0 Å². The van der Waals surface area contributed by atoms with E-state index in [1.165, 1.54) is 0 Å². The molecule has 0 bridgehead atoms. The van der Waals surface area contributed by atoms with Gasteiger partial charge in [0.1, 0.15) is 0 Å². The van der Waals surface area contributed by atoms with Crippen LogP contribution in [0.1, 0.15) is 43.0 Å². The van der Waals surface area contributed by atoms with Crippen LogP contribution in [-0.2, 0) is 4.79 Å². The number of halogens is 2. The van der Waals surface area contributed by atoms with Crippen molar-refractivity contribution in [3.63, 3.8) is 0 Å². The lowest BCUT2D eigenvalue weighted by Crippen LogP contribution is -2.51. The first-order valence-electron chi connectivity index (χ1n) is 7.46. The van der Waals surface area contributed by atoms with E-state index in [1.54, 1.807) is 25.2 Å². The summed E-state index contributed by atoms with van der Waals surface area (Å²) in [4.78, 5) is 24.1. The van der Waals surface area contributed by atoms with Crippen molar-refractivity contribution in [1.82, 2.24) is 5.32 Å². The Morgan fingerprint density at radius 2 is 2.04 bits per heavy atom. The smallest absolute Gasteiger partial charge is 0.252 e. The lowest BCUT2D eigenvalue weighted by Gasteiger charge is -2.37. The summed E-state index contributed by atoms with van der Waals surface area (Å²) in [6.07, 6.45) is 3.72. The molecule has 1 aliphatic carbocycles. The lowest BCUT2D eigenvalue weighted by atomic mass is 9.74. The number of rotatable bonds is 3. The number of carbonyl (C=O) groups is 2. The van der Waals surface area contributed by atoms with Crippen molar-refractivity contribution in [2.24, 2.45) is 11.7 Å². The van der Waals surface area contributed by atoms with Crippen LogP contribution in [0.3, 0.4) is 0 Å². The van der Waals surface area contributed by atoms with Crippen molar-refractivity contribution in [3.05, 3.63) is 28.8 Å². The van der Waals surface area contributed by atoms with Gasteiger partial charge in [0.15, 0.2) is 0 Å². The maximum Gasteiger partial charge on any atom is 0.252 e. The van der Waals surface area contributed by atoms with Crippen molar-refractivity contribution in [1.29, 1.82) is 0 Å². The highest BCUT2D eigenvalue weighted by atomic mass is 35.5. The zero-order chi connectivity index (χ0) is 16.3. The second-order valence-corrected chi connectivity index (χ2v) is 6.47. The van der Waals surface area contributed by atoms with Gasteiger partial charge in [0.2, 0.25) is 5.91 Å². The number of nitrogens with two attached hydrogens (primary N) is 1. The largest absolute Gasteiger partial charge is 0.355 e. The van der Waals surface area contributed by atoms with Crippen molar-refractivity contribution in [3.8, 4) is 0 Å². The molecule has 5 nitrogen and oxygen atoms in total. The Balaban J connectivity index is 0.00000264. The van der Waals surface area contributed by atoms with E-state index in [-0.39, 0.29) is 30.1 Å². The van der Waals surface area contributed by atoms with Gasteiger partial charge < -0.3 is 16.4 Å². The van der Waals surface area contributed by atoms with E-state index in [1.807, 2.05) is 6.92 Å². The van der Waals surface area contributed by atoms with Gasteiger partial charge in [-0.05, 0) is 38.0 Å². The summed E-state index contributed by atoms with van der Waals surface area (Å²) in [7, 11) is 1.54. The maximum absolute atomic E-state index is 12.5. The standard InChI is InChI=1S/C16H22ClN3O2.ClH/c1-16(18)8-4-3-5-12(16)15(22)20-10-6-7-11(13(17)9-10)14(21)19-2;/h6-7,9,12H,3-5,8,18H2,1-2H3,(H,19,21)(H,20,22);1H. The minimum Gasteiger partial charge on any atom is -0.355 e. The van der Waals surface area contributed by atoms with Crippen LogP contribution in [0.15, 0.2) is 18.2 Å². The molecule has 4 N–H and O–H groups in total. The number of carbonyl (C=O) groups excluding carboxylic acids is 2. The van der Waals surface area contributed by atoms with Gasteiger partial charge in [0, 0.05) is 18.3 Å². The molecule has 1 aromatic rings. The van der Waals surface area contributed by atoms with Gasteiger partial charge in [-0.1, -0.05) is 24.4 Å². The van der Waals surface area contributed by atoms with Crippen molar-refractivity contribution in [2.75, 3.05) is 12.4 Å². The van der Waals surface area contributed by atoms with Crippen LogP contribution in [0.4, 0.5) is 5.69 Å². The van der Waals surface area contributed by atoms with Gasteiger partial charge in [0.25, 0.3) is 5.91 Å². The average molecular weight is 360 g/mol. The van der Waals surface area contributed by atoms with Crippen LogP contribution in [0, 0.1) is 5.92 Å². The van der Waals surface area contributed by atoms with Gasteiger partial charge in [0.05, 0.1) is 16.5 Å². The molecule has 2 amide bonds. The fraction of sp³-hybridized carbons (Fsp3) is 0.500. The Bertz CT molecular complexity index is 591. The molecule has 0 aromatic heterocycles. The Labute approximate surface area is 147 Å². The topological polar surface area (TPSA) is 84.2 Å². The summed E-state index contributed by atoms with van der Waals surface area (Å²) < 4.78 is 0. The molecular formula is C16H23Cl2N3O2. The molecule has 1 saturated carbocycles. The van der Waals surface area contributed by atoms with E-state index in [2.05, 4.69) is 10.6 Å². The van der Waals surface area contributed by atoms with Crippen LogP contribution >= 0.6 is 24.0 Å². The Morgan fingerprint density at radius 1 is 1.35 bits per heavy atom. The maximum atomic E-state index is 12.5. The molecule has 1 fully saturated rings. The highest BCUT2D eigenvalue weighted by Gasteiger charge is 2.37. The summed E-state index contributed by atoms with van der Waals surface area (Å²) in [5.41, 5.74) is 6.72. The fourth-order valence-corrected chi connectivity index (χ4v) is 3.20. The molecule has 0 saturated heterocycles. The molecule has 2 atom stereocenters. The number of nitrogens with one attached hydrogen (secondary N) is 2. The zero-order valence-electron chi connectivity index (χ0n) is 13.3. The number of hydrogen-bond donors (Lipinski definition) is 3. The second-order valence-electron chi connectivity index (χ2n) is 6.07. The number of hydrogen-bond acceptors (Lipinski definition) is 3. The summed E-state index contributed by atoms with van der Waals surface area (Å²) in [6, 6.07) is 4.85. The fourth-order valence-electron chi connectivity index (χ4n) is 2.93. The molecule has 1 aliphatic rings. The van der Waals surface area contributed by atoms with Crippen LogP contribution in [0.5, 0.6) is 0 Å². The van der Waals surface area contributed by atoms with Crippen molar-refractivity contribution >= 4 is 41.5 Å². The quantitative estimate of drug-likeness (QED) is 0.775. The van der Waals surface area contributed by atoms with Gasteiger partial charge in [-0.25, -0.2) is 0 Å². The van der Waals surface area contributed by atoms with Gasteiger partial charge in [-0.2, -0.15) is 0 Å². The Kier molecular flexibility index (Phi) is 6.86. The van der Waals surface area contributed by atoms with Crippen LogP contribution in [0.2, 0.25) is 5.02 Å². The summed E-state index contributed by atoms with van der Waals surface area (Å²) >= 11 is 6.09. The zero-order valence-corrected chi connectivity index (χ0v) is 14.9. The Morgan fingerprint density at radius 3 is 2.61 bits per heavy atom. The van der Waals surface area contributed by atoms with Crippen LogP contribution < -0.4 is 16.4 Å². The highest BCUT2D eigenvalue weighted by Crippen LogP contribution is 2.32. The van der Waals surface area contributed by atoms with Gasteiger partial charge in [-0.3, -0.25) is 9.59 Å². The molecule has 0 radical (unpaired) electrons. The highest BCUT2D eigenvalue weighted by molar-refractivity contribution is 6.34. The predicted octanol–water partition coefficient (Wildman–Crippen LogP) is 2.97. The predicted molar refractivity (Wildman–Crippen MR) is 95.3 cm³/mol. The van der Waals surface area contributed by atoms with Gasteiger partial charge in [-0.15, -0.1) is 12.4 Å². The first-order valence-corrected chi connectivity index (χ1v) is 7.84. The minimum atomic E-state index is -0.478. The molecule has 2 unspecified atom stereocenters. The normalized spacial score (nSPS) is 23.6. The number of benzene rings is 1. The van der Waals surface area contributed by atoms with E-state index in [4.69, 9.17) is 17.3 Å². The second kappa shape index (κ2) is 7.99. The lowest BCUT2D eigenvalue weighted by molar-refractivity contribution is -0.122. The van der Waals surface area contributed by atoms with E-state index < -0.39 is 5.54 Å². The molecule has 1 aromatic carbocycles. The summed E-state index contributed by atoms with van der Waals surface area (Å²) in [5, 5.41) is 5.68. The van der Waals surface area contributed by atoms with Gasteiger partial charge >= 0.3 is 0 Å². The molecule has 128 valence electrons. The molecular weight excluding hydrogens is 337 g/mol. The third-order valence-electron chi connectivity index (χ3n) is 4.28. The summed E-state index contributed by atoms with van der Waals surface area (Å²) in [5.74, 6) is -0.559.